The van der Waals surface area contributed by atoms with Gasteiger partial charge in [0.15, 0.2) is 6.61 Å². The summed E-state index contributed by atoms with van der Waals surface area (Å²) < 4.78 is 11.5. The molecule has 0 radical (unpaired) electrons. The number of esters is 1. The van der Waals surface area contributed by atoms with Crippen LogP contribution in [0.2, 0.25) is 0 Å². The number of hydrogen-bond donors (Lipinski definition) is 3. The topological polar surface area (TPSA) is 144 Å². The molecule has 10 nitrogen and oxygen atoms in total. The third-order valence-electron chi connectivity index (χ3n) is 6.32. The number of hydrogen-bond acceptors (Lipinski definition) is 9. The molecule has 1 aromatic carbocycles. The Balaban J connectivity index is 1.86. The number of rotatable bonds is 7. The summed E-state index contributed by atoms with van der Waals surface area (Å²) in [6.45, 7) is 4.02. The molecule has 38 heavy (non-hydrogen) atoms. The van der Waals surface area contributed by atoms with Crippen molar-refractivity contribution >= 4 is 17.6 Å². The van der Waals surface area contributed by atoms with E-state index in [1.54, 1.807) is 17.9 Å². The number of phenols is 2. The van der Waals surface area contributed by atoms with Gasteiger partial charge in [-0.25, -0.2) is 4.79 Å². The predicted molar refractivity (Wildman–Crippen MR) is 143 cm³/mol. The van der Waals surface area contributed by atoms with Crippen LogP contribution in [-0.4, -0.2) is 77.8 Å². The van der Waals surface area contributed by atoms with E-state index in [0.29, 0.717) is 50.4 Å². The van der Waals surface area contributed by atoms with Gasteiger partial charge in [-0.3, -0.25) is 4.79 Å². The van der Waals surface area contributed by atoms with Crippen LogP contribution in [0.3, 0.4) is 0 Å². The summed E-state index contributed by atoms with van der Waals surface area (Å²) in [5.41, 5.74) is 6.25. The van der Waals surface area contributed by atoms with Crippen molar-refractivity contribution in [3.05, 3.63) is 47.6 Å². The minimum atomic E-state index is -0.712. The minimum absolute atomic E-state index is 0.0454. The fourth-order valence-corrected chi connectivity index (χ4v) is 4.34. The molecular formula is C28H39N3O7. The lowest BCUT2D eigenvalue weighted by Crippen LogP contribution is -2.37. The van der Waals surface area contributed by atoms with Gasteiger partial charge in [-0.2, -0.15) is 0 Å². The summed E-state index contributed by atoms with van der Waals surface area (Å²) in [4.78, 5) is 32.7. The Morgan fingerprint density at radius 2 is 1.97 bits per heavy atom. The van der Waals surface area contributed by atoms with Gasteiger partial charge in [0.2, 0.25) is 0 Å². The summed E-state index contributed by atoms with van der Waals surface area (Å²) in [6, 6.07) is 2.48. The van der Waals surface area contributed by atoms with Crippen LogP contribution in [0, 0.1) is 0 Å². The molecule has 2 atom stereocenters. The van der Waals surface area contributed by atoms with Gasteiger partial charge in [-0.1, -0.05) is 23.4 Å². The van der Waals surface area contributed by atoms with Crippen molar-refractivity contribution in [3.8, 4) is 11.5 Å². The van der Waals surface area contributed by atoms with E-state index in [-0.39, 0.29) is 36.4 Å². The average molecular weight is 530 g/mol. The second kappa shape index (κ2) is 15.1. The fourth-order valence-electron chi connectivity index (χ4n) is 4.34. The molecule has 0 bridgehead atoms. The summed E-state index contributed by atoms with van der Waals surface area (Å²) in [7, 11) is 0. The van der Waals surface area contributed by atoms with Gasteiger partial charge >= 0.3 is 5.97 Å². The van der Waals surface area contributed by atoms with Crippen LogP contribution in [0.1, 0.15) is 61.4 Å². The summed E-state index contributed by atoms with van der Waals surface area (Å²) in [5.74, 6) is -1.44. The molecule has 1 unspecified atom stereocenters. The van der Waals surface area contributed by atoms with Crippen molar-refractivity contribution in [2.45, 2.75) is 64.1 Å². The van der Waals surface area contributed by atoms with E-state index in [2.05, 4.69) is 5.16 Å². The Morgan fingerprint density at radius 1 is 1.18 bits per heavy atom. The first-order valence-corrected chi connectivity index (χ1v) is 13.2. The van der Waals surface area contributed by atoms with Crippen LogP contribution >= 0.6 is 0 Å². The first-order valence-electron chi connectivity index (χ1n) is 13.2. The molecule has 4 N–H and O–H groups in total. The Morgan fingerprint density at radius 3 is 2.74 bits per heavy atom. The van der Waals surface area contributed by atoms with Crippen molar-refractivity contribution in [2.24, 2.45) is 10.9 Å². The highest BCUT2D eigenvalue weighted by atomic mass is 16.6. The number of piperidine rings is 1. The number of carbonyl (C=O) groups is 2. The average Bonchev–Trinajstić information content (AvgIpc) is 2.88. The molecule has 2 heterocycles. The predicted octanol–water partition coefficient (Wildman–Crippen LogP) is 3.21. The highest BCUT2D eigenvalue weighted by Gasteiger charge is 2.23. The third-order valence-corrected chi connectivity index (χ3v) is 6.32. The molecule has 0 spiro atoms. The number of aromatic hydroxyl groups is 2. The number of nitrogens with zero attached hydrogens (tertiary/aromatic N) is 2. The van der Waals surface area contributed by atoms with Crippen LogP contribution in [0.4, 0.5) is 0 Å². The van der Waals surface area contributed by atoms with E-state index in [1.807, 2.05) is 18.2 Å². The maximum Gasteiger partial charge on any atom is 0.342 e. The van der Waals surface area contributed by atoms with Gasteiger partial charge in [-0.05, 0) is 63.3 Å². The molecule has 0 aliphatic carbocycles. The first-order chi connectivity index (χ1) is 18.4. The van der Waals surface area contributed by atoms with Crippen molar-refractivity contribution in [2.75, 3.05) is 32.8 Å². The van der Waals surface area contributed by atoms with Gasteiger partial charge in [0.25, 0.3) is 5.91 Å². The second-order valence-electron chi connectivity index (χ2n) is 9.54. The van der Waals surface area contributed by atoms with E-state index < -0.39 is 17.8 Å². The van der Waals surface area contributed by atoms with Crippen molar-refractivity contribution in [1.29, 1.82) is 0 Å². The number of likely N-dealkylation sites (tertiary alicyclic amines) is 1. The highest BCUT2D eigenvalue weighted by Crippen LogP contribution is 2.29. The zero-order chi connectivity index (χ0) is 27.3. The maximum absolute atomic E-state index is 13.0. The number of fused-ring (bicyclic) bond motifs is 1. The summed E-state index contributed by atoms with van der Waals surface area (Å²) in [5, 5.41) is 24.8. The van der Waals surface area contributed by atoms with Crippen LogP contribution in [0.5, 0.6) is 11.5 Å². The minimum Gasteiger partial charge on any atom is -0.508 e. The maximum atomic E-state index is 13.0. The lowest BCUT2D eigenvalue weighted by molar-refractivity contribution is -0.137. The molecule has 1 fully saturated rings. The first kappa shape index (κ1) is 29.2. The van der Waals surface area contributed by atoms with Gasteiger partial charge in [0.05, 0.1) is 11.8 Å². The smallest absolute Gasteiger partial charge is 0.342 e. The monoisotopic (exact) mass is 529 g/mol. The molecule has 3 rings (SSSR count). The van der Waals surface area contributed by atoms with Gasteiger partial charge < -0.3 is 35.2 Å². The number of oxime groups is 1. The van der Waals surface area contributed by atoms with Gasteiger partial charge in [0.1, 0.15) is 23.2 Å². The van der Waals surface area contributed by atoms with E-state index in [9.17, 15) is 19.8 Å². The quantitative estimate of drug-likeness (QED) is 0.211. The Labute approximate surface area is 223 Å². The Hall–Kier alpha value is -3.37. The zero-order valence-corrected chi connectivity index (χ0v) is 22.0. The molecule has 2 aliphatic rings. The van der Waals surface area contributed by atoms with Crippen LogP contribution in [0.15, 0.2) is 41.6 Å². The Bertz CT molecular complexity index is 1030. The number of nitrogens with two attached hydrogens (primary N) is 1. The summed E-state index contributed by atoms with van der Waals surface area (Å²) >= 11 is 0. The lowest BCUT2D eigenvalue weighted by Gasteiger charge is -2.26. The summed E-state index contributed by atoms with van der Waals surface area (Å²) in [6.07, 6.45) is 11.6. The van der Waals surface area contributed by atoms with E-state index >= 15 is 0 Å². The third kappa shape index (κ3) is 9.18. The molecular weight excluding hydrogens is 490 g/mol. The van der Waals surface area contributed by atoms with E-state index in [4.69, 9.17) is 20.0 Å². The second-order valence-corrected chi connectivity index (χ2v) is 9.54. The van der Waals surface area contributed by atoms with Crippen molar-refractivity contribution in [1.82, 2.24) is 4.90 Å². The fraction of sp³-hybridized carbons (Fsp3) is 0.536. The standard InChI is InChI=1S/C28H39N3O7/c1-20-8-5-10-24(36-15-7-12-29)11-6-9-22(30-37-19-26(34)31-13-3-2-4-14-31)16-21-17-23(32)18-25(33)27(21)28(35)38-20/h5-6,9-10,17-18,20,24,32-33H,2-4,7-8,11-16,19,29H2,1H3/b9-6+,10-5+,30-22-/t20-,24?/m1/s1. The number of cyclic esters (lactones) is 1. The molecule has 1 amide bonds. The molecule has 2 aliphatic heterocycles. The van der Waals surface area contributed by atoms with Crippen molar-refractivity contribution in [3.63, 3.8) is 0 Å². The number of carbonyl (C=O) groups excluding carboxylic acids is 2. The molecule has 10 heteroatoms. The lowest BCUT2D eigenvalue weighted by atomic mass is 9.99. The Kier molecular flexibility index (Phi) is 11.6. The SMILES string of the molecule is C[C@@H]1C/C=C/C(OCCCN)C/C=C/C(=N/OCC(=O)N2CCCCC2)Cc2cc(O)cc(O)c2C(=O)O1. The number of phenolic OH excluding ortho intramolecular Hbond substituents is 2. The van der Waals surface area contributed by atoms with Crippen LogP contribution in [0.25, 0.3) is 0 Å². The number of amides is 1. The number of allylic oxidation sites excluding steroid dienone is 1. The molecule has 0 saturated carbocycles. The molecule has 1 aromatic rings. The van der Waals surface area contributed by atoms with Crippen molar-refractivity contribution < 1.29 is 34.1 Å². The normalized spacial score (nSPS) is 23.7. The largest absolute Gasteiger partial charge is 0.508 e. The van der Waals surface area contributed by atoms with E-state index in [0.717, 1.165) is 31.7 Å². The number of benzene rings is 1. The highest BCUT2D eigenvalue weighted by molar-refractivity contribution is 6.00. The molecule has 208 valence electrons. The van der Waals surface area contributed by atoms with Crippen LogP contribution in [-0.2, 0) is 25.5 Å². The van der Waals surface area contributed by atoms with Crippen LogP contribution < -0.4 is 5.73 Å². The molecule has 1 saturated heterocycles. The van der Waals surface area contributed by atoms with E-state index in [1.165, 1.54) is 6.07 Å². The number of ether oxygens (including phenoxy) is 2. The van der Waals surface area contributed by atoms with Gasteiger partial charge in [0, 0.05) is 38.6 Å². The molecule has 0 aromatic heterocycles. The zero-order valence-electron chi connectivity index (χ0n) is 22.0. The van der Waals surface area contributed by atoms with Gasteiger partial charge in [-0.15, -0.1) is 0 Å².